The summed E-state index contributed by atoms with van der Waals surface area (Å²) in [5, 5.41) is 16.4. The van der Waals surface area contributed by atoms with Gasteiger partial charge in [0.2, 0.25) is 0 Å². The predicted molar refractivity (Wildman–Crippen MR) is 50.5 cm³/mol. The van der Waals surface area contributed by atoms with Crippen molar-refractivity contribution in [1.29, 1.82) is 0 Å². The average Bonchev–Trinajstić information content (AvgIpc) is 2.85. The zero-order valence-corrected chi connectivity index (χ0v) is 8.30. The highest BCUT2D eigenvalue weighted by molar-refractivity contribution is 5.66. The van der Waals surface area contributed by atoms with Crippen molar-refractivity contribution < 1.29 is 14.6 Å². The Bertz CT molecular complexity index is 344. The van der Waals surface area contributed by atoms with Crippen LogP contribution in [-0.4, -0.2) is 39.3 Å². The van der Waals surface area contributed by atoms with E-state index in [1.165, 1.54) is 0 Å². The number of aromatic nitrogens is 3. The van der Waals surface area contributed by atoms with E-state index in [-0.39, 0.29) is 12.5 Å². The van der Waals surface area contributed by atoms with Crippen molar-refractivity contribution in [2.75, 3.05) is 13.2 Å². The maximum atomic E-state index is 10.4. The minimum absolute atomic E-state index is 0.0971. The molecule has 1 N–H and O–H groups in total. The van der Waals surface area contributed by atoms with Crippen LogP contribution < -0.4 is 0 Å². The number of nitrogens with zero attached hydrogens (tertiary/aromatic N) is 3. The van der Waals surface area contributed by atoms with E-state index in [9.17, 15) is 4.79 Å². The van der Waals surface area contributed by atoms with Crippen LogP contribution in [0.2, 0.25) is 0 Å². The van der Waals surface area contributed by atoms with Crippen molar-refractivity contribution in [3.8, 4) is 0 Å². The second-order valence-electron chi connectivity index (χ2n) is 3.60. The van der Waals surface area contributed by atoms with Gasteiger partial charge in [-0.15, -0.1) is 5.10 Å². The summed E-state index contributed by atoms with van der Waals surface area (Å²) in [6.07, 6.45) is 3.28. The van der Waals surface area contributed by atoms with Gasteiger partial charge in [0, 0.05) is 19.2 Å². The van der Waals surface area contributed by atoms with Gasteiger partial charge < -0.3 is 9.84 Å². The molecule has 1 aliphatic rings. The van der Waals surface area contributed by atoms with Crippen LogP contribution >= 0.6 is 0 Å². The van der Waals surface area contributed by atoms with Crippen LogP contribution in [0.4, 0.5) is 0 Å². The van der Waals surface area contributed by atoms with Gasteiger partial charge in [-0.05, 0) is 6.42 Å². The molecule has 1 unspecified atom stereocenters. The second-order valence-corrected chi connectivity index (χ2v) is 3.60. The normalized spacial score (nSPS) is 20.7. The smallest absolute Gasteiger partial charge is 0.303 e. The van der Waals surface area contributed by atoms with Gasteiger partial charge in [-0.2, -0.15) is 0 Å². The first-order valence-corrected chi connectivity index (χ1v) is 4.96. The first kappa shape index (κ1) is 10.1. The van der Waals surface area contributed by atoms with Crippen molar-refractivity contribution in [3.05, 3.63) is 11.9 Å². The zero-order chi connectivity index (χ0) is 10.7. The van der Waals surface area contributed by atoms with E-state index in [4.69, 9.17) is 9.84 Å². The van der Waals surface area contributed by atoms with Crippen LogP contribution in [0.5, 0.6) is 0 Å². The Morgan fingerprint density at radius 3 is 3.27 bits per heavy atom. The van der Waals surface area contributed by atoms with E-state index in [2.05, 4.69) is 10.3 Å². The number of hydrogen-bond acceptors (Lipinski definition) is 4. The lowest BCUT2D eigenvalue weighted by atomic mass is 10.2. The first-order chi connectivity index (χ1) is 7.25. The summed E-state index contributed by atoms with van der Waals surface area (Å²) in [6.45, 7) is 1.43. The fraction of sp³-hybridized carbons (Fsp3) is 0.667. The minimum Gasteiger partial charge on any atom is -0.481 e. The molecule has 0 saturated carbocycles. The number of carbonyl (C=O) groups is 1. The van der Waals surface area contributed by atoms with Crippen LogP contribution in [0.15, 0.2) is 6.20 Å². The molecule has 1 aromatic heterocycles. The van der Waals surface area contributed by atoms with Crippen molar-refractivity contribution >= 4 is 5.97 Å². The number of hydrogen-bond donors (Lipinski definition) is 1. The Labute approximate surface area is 86.8 Å². The second kappa shape index (κ2) is 4.39. The summed E-state index contributed by atoms with van der Waals surface area (Å²) in [6, 6.07) is 0.260. The van der Waals surface area contributed by atoms with Gasteiger partial charge in [-0.1, -0.05) is 5.21 Å². The monoisotopic (exact) mass is 211 g/mol. The highest BCUT2D eigenvalue weighted by Gasteiger charge is 2.18. The van der Waals surface area contributed by atoms with Crippen LogP contribution in [0.3, 0.4) is 0 Å². The van der Waals surface area contributed by atoms with Crippen LogP contribution in [0.1, 0.15) is 24.6 Å². The lowest BCUT2D eigenvalue weighted by molar-refractivity contribution is -0.136. The standard InChI is InChI=1S/C9H13N3O3/c13-9(14)2-1-7-5-12(11-10-7)8-3-4-15-6-8/h5,8H,1-4,6H2,(H,13,14). The van der Waals surface area contributed by atoms with Gasteiger partial charge in [-0.3, -0.25) is 4.79 Å². The SMILES string of the molecule is O=C(O)CCc1cn(C2CCOC2)nn1. The molecule has 1 aromatic rings. The summed E-state index contributed by atoms with van der Waals surface area (Å²) in [7, 11) is 0. The Morgan fingerprint density at radius 2 is 2.60 bits per heavy atom. The Morgan fingerprint density at radius 1 is 1.73 bits per heavy atom. The van der Waals surface area contributed by atoms with E-state index in [1.54, 1.807) is 4.68 Å². The highest BCUT2D eigenvalue weighted by Crippen LogP contribution is 2.17. The van der Waals surface area contributed by atoms with Crippen LogP contribution in [0.25, 0.3) is 0 Å². The van der Waals surface area contributed by atoms with Crippen molar-refractivity contribution in [2.45, 2.75) is 25.3 Å². The van der Waals surface area contributed by atoms with Crippen LogP contribution in [-0.2, 0) is 16.0 Å². The first-order valence-electron chi connectivity index (χ1n) is 4.96. The molecule has 0 radical (unpaired) electrons. The summed E-state index contributed by atoms with van der Waals surface area (Å²) < 4.78 is 7.00. The third-order valence-electron chi connectivity index (χ3n) is 2.43. The number of carboxylic acid groups (broad SMARTS) is 1. The Kier molecular flexibility index (Phi) is 2.96. The average molecular weight is 211 g/mol. The van der Waals surface area contributed by atoms with Gasteiger partial charge in [0.25, 0.3) is 0 Å². The zero-order valence-electron chi connectivity index (χ0n) is 8.30. The summed E-state index contributed by atoms with van der Waals surface area (Å²) in [5.41, 5.74) is 0.726. The predicted octanol–water partition coefficient (Wildman–Crippen LogP) is 0.257. The number of aryl methyl sites for hydroxylation is 1. The molecule has 15 heavy (non-hydrogen) atoms. The highest BCUT2D eigenvalue weighted by atomic mass is 16.5. The quantitative estimate of drug-likeness (QED) is 0.772. The van der Waals surface area contributed by atoms with E-state index >= 15 is 0 Å². The summed E-state index contributed by atoms with van der Waals surface area (Å²) in [4.78, 5) is 10.4. The topological polar surface area (TPSA) is 77.2 Å². The van der Waals surface area contributed by atoms with Crippen LogP contribution in [0, 0.1) is 0 Å². The number of aliphatic carboxylic acids is 1. The van der Waals surface area contributed by atoms with Gasteiger partial charge >= 0.3 is 5.97 Å². The molecule has 1 saturated heterocycles. The molecule has 6 heteroatoms. The molecule has 0 aromatic carbocycles. The third-order valence-corrected chi connectivity index (χ3v) is 2.43. The third kappa shape index (κ3) is 2.53. The fourth-order valence-electron chi connectivity index (χ4n) is 1.57. The van der Waals surface area contributed by atoms with Gasteiger partial charge in [0.05, 0.1) is 24.8 Å². The molecule has 82 valence electrons. The molecule has 1 atom stereocenters. The lowest BCUT2D eigenvalue weighted by Gasteiger charge is -2.04. The van der Waals surface area contributed by atoms with E-state index in [1.807, 2.05) is 6.20 Å². The van der Waals surface area contributed by atoms with Crippen molar-refractivity contribution in [3.63, 3.8) is 0 Å². The Balaban J connectivity index is 1.94. The number of rotatable bonds is 4. The fourth-order valence-corrected chi connectivity index (χ4v) is 1.57. The summed E-state index contributed by atoms with van der Waals surface area (Å²) in [5.74, 6) is -0.811. The van der Waals surface area contributed by atoms with E-state index < -0.39 is 5.97 Å². The maximum Gasteiger partial charge on any atom is 0.303 e. The molecule has 0 aliphatic carbocycles. The minimum atomic E-state index is -0.811. The largest absolute Gasteiger partial charge is 0.481 e. The van der Waals surface area contributed by atoms with E-state index in [0.29, 0.717) is 13.0 Å². The lowest BCUT2D eigenvalue weighted by Crippen LogP contribution is -2.09. The van der Waals surface area contributed by atoms with Gasteiger partial charge in [0.15, 0.2) is 0 Å². The molecule has 0 amide bonds. The molecule has 2 heterocycles. The molecule has 0 spiro atoms. The molecule has 2 rings (SSSR count). The van der Waals surface area contributed by atoms with Crippen molar-refractivity contribution in [2.24, 2.45) is 0 Å². The molecular weight excluding hydrogens is 198 g/mol. The molecule has 0 bridgehead atoms. The van der Waals surface area contributed by atoms with Gasteiger partial charge in [0.1, 0.15) is 0 Å². The molecule has 1 fully saturated rings. The molecule has 6 nitrogen and oxygen atoms in total. The van der Waals surface area contributed by atoms with E-state index in [0.717, 1.165) is 18.7 Å². The molecular formula is C9H13N3O3. The molecule has 1 aliphatic heterocycles. The van der Waals surface area contributed by atoms with Gasteiger partial charge in [-0.25, -0.2) is 4.68 Å². The maximum absolute atomic E-state index is 10.4. The van der Waals surface area contributed by atoms with Crippen molar-refractivity contribution in [1.82, 2.24) is 15.0 Å². The summed E-state index contributed by atoms with van der Waals surface area (Å²) >= 11 is 0. The Hall–Kier alpha value is -1.43. The number of ether oxygens (including phenoxy) is 1. The number of carboxylic acids is 1.